The van der Waals surface area contributed by atoms with Crippen LogP contribution in [0.25, 0.3) is 10.2 Å². The highest BCUT2D eigenvalue weighted by Gasteiger charge is 2.30. The van der Waals surface area contributed by atoms with E-state index in [1.807, 2.05) is 11.3 Å². The van der Waals surface area contributed by atoms with Gasteiger partial charge in [0.25, 0.3) is 0 Å². The number of anilines is 1. The van der Waals surface area contributed by atoms with Crippen molar-refractivity contribution in [3.8, 4) is 0 Å². The Morgan fingerprint density at radius 2 is 1.65 bits per heavy atom. The maximum absolute atomic E-state index is 13.0. The molecule has 0 aromatic carbocycles. The highest BCUT2D eigenvalue weighted by molar-refractivity contribution is 7.19. The van der Waals surface area contributed by atoms with Gasteiger partial charge in [-0.2, -0.15) is 0 Å². The number of thiophene rings is 1. The lowest BCUT2D eigenvalue weighted by Gasteiger charge is -2.38. The summed E-state index contributed by atoms with van der Waals surface area (Å²) in [6, 6.07) is 0. The quantitative estimate of drug-likeness (QED) is 0.607. The number of aryl methyl sites for hydroxylation is 2. The van der Waals surface area contributed by atoms with Crippen LogP contribution in [-0.4, -0.2) is 47.0 Å². The van der Waals surface area contributed by atoms with Crippen molar-refractivity contribution in [3.63, 3.8) is 0 Å². The number of aromatic nitrogens is 2. The molecule has 1 saturated heterocycles. The summed E-state index contributed by atoms with van der Waals surface area (Å²) in [5.41, 5.74) is 1.52. The van der Waals surface area contributed by atoms with E-state index in [0.29, 0.717) is 11.8 Å². The Labute approximate surface area is 190 Å². The van der Waals surface area contributed by atoms with Gasteiger partial charge in [0.2, 0.25) is 5.91 Å². The van der Waals surface area contributed by atoms with Crippen LogP contribution in [0.5, 0.6) is 0 Å². The van der Waals surface area contributed by atoms with Crippen molar-refractivity contribution >= 4 is 33.3 Å². The molecule has 168 valence electrons. The number of carbonyl (C=O) groups excluding carboxylic acids is 1. The molecule has 0 atom stereocenters. The second-order valence-electron chi connectivity index (χ2n) is 9.95. The smallest absolute Gasteiger partial charge is 0.225 e. The van der Waals surface area contributed by atoms with E-state index >= 15 is 0 Å². The Morgan fingerprint density at radius 3 is 2.39 bits per heavy atom. The molecule has 0 spiro atoms. The van der Waals surface area contributed by atoms with Crippen molar-refractivity contribution in [2.24, 2.45) is 5.92 Å². The van der Waals surface area contributed by atoms with Gasteiger partial charge in [-0.3, -0.25) is 4.79 Å². The summed E-state index contributed by atoms with van der Waals surface area (Å²) >= 11 is 1.90. The van der Waals surface area contributed by atoms with Gasteiger partial charge in [0.1, 0.15) is 16.5 Å². The molecule has 2 aliphatic carbocycles. The fourth-order valence-corrected chi connectivity index (χ4v) is 6.83. The third kappa shape index (κ3) is 4.20. The van der Waals surface area contributed by atoms with Crippen LogP contribution in [0.15, 0.2) is 0 Å². The van der Waals surface area contributed by atoms with Gasteiger partial charge in [-0.05, 0) is 44.1 Å². The second-order valence-corrected chi connectivity index (χ2v) is 11.0. The molecule has 5 nitrogen and oxygen atoms in total. The lowest BCUT2D eigenvalue weighted by atomic mass is 9.88. The number of hydrogen-bond acceptors (Lipinski definition) is 5. The van der Waals surface area contributed by atoms with Crippen LogP contribution in [0.1, 0.15) is 87.4 Å². The van der Waals surface area contributed by atoms with Gasteiger partial charge in [-0.15, -0.1) is 11.3 Å². The van der Waals surface area contributed by atoms with Gasteiger partial charge < -0.3 is 9.80 Å². The number of rotatable bonds is 3. The first kappa shape index (κ1) is 21.2. The summed E-state index contributed by atoms with van der Waals surface area (Å²) in [4.78, 5) is 30.4. The number of piperazine rings is 1. The molecule has 0 N–H and O–H groups in total. The summed E-state index contributed by atoms with van der Waals surface area (Å²) < 4.78 is 0. The molecule has 0 radical (unpaired) electrons. The minimum absolute atomic E-state index is 0.270. The van der Waals surface area contributed by atoms with Crippen LogP contribution in [0, 0.1) is 5.92 Å². The normalized spacial score (nSPS) is 20.9. The number of hydrogen-bond donors (Lipinski definition) is 0. The van der Waals surface area contributed by atoms with Gasteiger partial charge >= 0.3 is 0 Å². The van der Waals surface area contributed by atoms with Crippen molar-refractivity contribution in [1.82, 2.24) is 14.9 Å². The monoisotopic (exact) mass is 440 g/mol. The van der Waals surface area contributed by atoms with E-state index in [0.717, 1.165) is 57.1 Å². The Morgan fingerprint density at radius 1 is 0.935 bits per heavy atom. The van der Waals surface area contributed by atoms with E-state index in [9.17, 15) is 4.79 Å². The number of nitrogens with zero attached hydrogens (tertiary/aromatic N) is 4. The molecule has 6 heteroatoms. The topological polar surface area (TPSA) is 49.3 Å². The Balaban J connectivity index is 1.41. The molecule has 2 fully saturated rings. The molecule has 3 aliphatic rings. The van der Waals surface area contributed by atoms with E-state index in [1.54, 1.807) is 0 Å². The zero-order valence-corrected chi connectivity index (χ0v) is 20.0. The fraction of sp³-hybridized carbons (Fsp3) is 0.720. The average molecular weight is 441 g/mol. The Bertz CT molecular complexity index is 939. The summed E-state index contributed by atoms with van der Waals surface area (Å²) in [5, 5.41) is 1.32. The van der Waals surface area contributed by atoms with E-state index in [-0.39, 0.29) is 5.92 Å². The van der Waals surface area contributed by atoms with Crippen LogP contribution in [0.2, 0.25) is 0 Å². The average Bonchev–Trinajstić information content (AvgIpc) is 2.99. The molecule has 1 amide bonds. The van der Waals surface area contributed by atoms with Crippen molar-refractivity contribution in [2.75, 3.05) is 31.1 Å². The molecule has 5 rings (SSSR count). The highest BCUT2D eigenvalue weighted by Crippen LogP contribution is 2.40. The lowest BCUT2D eigenvalue weighted by molar-refractivity contribution is -0.136. The third-order valence-corrected chi connectivity index (χ3v) is 8.61. The Hall–Kier alpha value is -1.69. The van der Waals surface area contributed by atoms with Crippen LogP contribution in [0.3, 0.4) is 0 Å². The van der Waals surface area contributed by atoms with E-state index in [2.05, 4.69) is 23.6 Å². The van der Waals surface area contributed by atoms with Crippen molar-refractivity contribution in [2.45, 2.75) is 84.0 Å². The molecular formula is C25H36N4OS. The molecule has 2 aromatic rings. The van der Waals surface area contributed by atoms with Crippen molar-refractivity contribution < 1.29 is 4.79 Å². The molecular weight excluding hydrogens is 404 g/mol. The zero-order chi connectivity index (χ0) is 21.4. The second kappa shape index (κ2) is 9.05. The van der Waals surface area contributed by atoms with Crippen LogP contribution >= 0.6 is 11.3 Å². The van der Waals surface area contributed by atoms with Crippen LogP contribution < -0.4 is 4.90 Å². The molecule has 2 aromatic heterocycles. The first-order valence-electron chi connectivity index (χ1n) is 12.5. The van der Waals surface area contributed by atoms with Crippen molar-refractivity contribution in [1.29, 1.82) is 0 Å². The standard InChI is InChI=1S/C25H36N4OS/c1-17(2)22-26-23(21-19-11-7-4-8-12-20(19)31-24(21)27-22)28-13-15-29(16-14-28)25(30)18-9-5-3-6-10-18/h17-18H,3-16H2,1-2H3. The van der Waals surface area contributed by atoms with Gasteiger partial charge in [-0.25, -0.2) is 9.97 Å². The maximum Gasteiger partial charge on any atom is 0.225 e. The number of fused-ring (bicyclic) bond motifs is 3. The van der Waals surface area contributed by atoms with Gasteiger partial charge in [0, 0.05) is 42.9 Å². The number of carbonyl (C=O) groups is 1. The summed E-state index contributed by atoms with van der Waals surface area (Å²) in [5.74, 6) is 3.09. The molecule has 31 heavy (non-hydrogen) atoms. The summed E-state index contributed by atoms with van der Waals surface area (Å²) in [6.07, 6.45) is 12.1. The summed E-state index contributed by atoms with van der Waals surface area (Å²) in [7, 11) is 0. The van der Waals surface area contributed by atoms with Gasteiger partial charge in [-0.1, -0.05) is 39.5 Å². The molecule has 1 saturated carbocycles. The molecule has 0 unspecified atom stereocenters. The maximum atomic E-state index is 13.0. The third-order valence-electron chi connectivity index (χ3n) is 7.42. The predicted octanol–water partition coefficient (Wildman–Crippen LogP) is 5.31. The van der Waals surface area contributed by atoms with Crippen LogP contribution in [0.4, 0.5) is 5.82 Å². The van der Waals surface area contributed by atoms with E-state index < -0.39 is 0 Å². The minimum Gasteiger partial charge on any atom is -0.352 e. The number of amides is 1. The molecule has 1 aliphatic heterocycles. The van der Waals surface area contributed by atoms with E-state index in [1.165, 1.54) is 65.6 Å². The van der Waals surface area contributed by atoms with Crippen LogP contribution in [-0.2, 0) is 17.6 Å². The Kier molecular flexibility index (Phi) is 6.18. The lowest BCUT2D eigenvalue weighted by Crippen LogP contribution is -2.51. The largest absolute Gasteiger partial charge is 0.352 e. The van der Waals surface area contributed by atoms with Crippen molar-refractivity contribution in [3.05, 3.63) is 16.3 Å². The first-order chi connectivity index (χ1) is 15.1. The fourth-order valence-electron chi connectivity index (χ4n) is 5.56. The van der Waals surface area contributed by atoms with Gasteiger partial charge in [0.15, 0.2) is 0 Å². The predicted molar refractivity (Wildman–Crippen MR) is 128 cm³/mol. The molecule has 0 bridgehead atoms. The zero-order valence-electron chi connectivity index (χ0n) is 19.2. The van der Waals surface area contributed by atoms with E-state index in [4.69, 9.17) is 9.97 Å². The minimum atomic E-state index is 0.270. The highest BCUT2D eigenvalue weighted by atomic mass is 32.1. The van der Waals surface area contributed by atoms with Gasteiger partial charge in [0.05, 0.1) is 5.39 Å². The SMILES string of the molecule is CC(C)c1nc(N2CCN(C(=O)C3CCCCC3)CC2)c2c3c(sc2n1)CCCCC3. The first-order valence-corrected chi connectivity index (χ1v) is 13.3. The molecule has 3 heterocycles. The summed E-state index contributed by atoms with van der Waals surface area (Å²) in [6.45, 7) is 7.78.